The van der Waals surface area contributed by atoms with Crippen molar-refractivity contribution in [3.05, 3.63) is 42.4 Å². The Kier molecular flexibility index (Phi) is 4.92. The minimum Gasteiger partial charge on any atom is -0.462 e. The summed E-state index contributed by atoms with van der Waals surface area (Å²) in [4.78, 5) is 17.5. The van der Waals surface area contributed by atoms with Gasteiger partial charge < -0.3 is 19.1 Å². The van der Waals surface area contributed by atoms with Gasteiger partial charge in [0.2, 0.25) is 0 Å². The third-order valence-corrected chi connectivity index (χ3v) is 8.93. The first-order valence-corrected chi connectivity index (χ1v) is 12.2. The highest BCUT2D eigenvalue weighted by Gasteiger charge is 2.56. The number of imidazole rings is 1. The fourth-order valence-electron chi connectivity index (χ4n) is 6.73. The van der Waals surface area contributed by atoms with Crippen molar-refractivity contribution in [2.45, 2.75) is 76.0 Å². The molecule has 2 unspecified atom stereocenters. The van der Waals surface area contributed by atoms with E-state index in [0.717, 1.165) is 57.1 Å². The lowest BCUT2D eigenvalue weighted by atomic mass is 9.51. The Morgan fingerprint density at radius 1 is 1.16 bits per heavy atom. The molecule has 32 heavy (non-hydrogen) atoms. The summed E-state index contributed by atoms with van der Waals surface area (Å²) >= 11 is 0. The van der Waals surface area contributed by atoms with E-state index >= 15 is 0 Å². The van der Waals surface area contributed by atoms with Gasteiger partial charge in [0.25, 0.3) is 0 Å². The molecule has 1 aromatic carbocycles. The lowest BCUT2D eigenvalue weighted by molar-refractivity contribution is -0.180. The second-order valence-electron chi connectivity index (χ2n) is 10.4. The number of benzene rings is 1. The normalized spacial score (nSPS) is 32.3. The summed E-state index contributed by atoms with van der Waals surface area (Å²) in [5, 5.41) is 11.5. The summed E-state index contributed by atoms with van der Waals surface area (Å²) in [6.07, 6.45) is 11.0. The fraction of sp³-hybridized carbons (Fsp3) is 0.615. The maximum atomic E-state index is 13.1. The molecule has 2 bridgehead atoms. The van der Waals surface area contributed by atoms with Gasteiger partial charge in [0, 0.05) is 18.4 Å². The zero-order chi connectivity index (χ0) is 21.8. The molecular weight excluding hydrogens is 404 g/mol. The Balaban J connectivity index is 1.15. The summed E-state index contributed by atoms with van der Waals surface area (Å²) in [5.41, 5.74) is 3.22. The maximum Gasteiger partial charge on any atom is 0.312 e. The van der Waals surface area contributed by atoms with E-state index < -0.39 is 6.10 Å². The van der Waals surface area contributed by atoms with Crippen LogP contribution in [0.4, 0.5) is 0 Å². The topological polar surface area (TPSA) is 73.6 Å². The highest BCUT2D eigenvalue weighted by molar-refractivity contribution is 5.77. The van der Waals surface area contributed by atoms with Crippen molar-refractivity contribution < 1.29 is 19.4 Å². The third kappa shape index (κ3) is 3.14. The summed E-state index contributed by atoms with van der Waals surface area (Å²) in [6.45, 7) is 1.37. The molecule has 3 saturated carbocycles. The van der Waals surface area contributed by atoms with Crippen LogP contribution in [0, 0.1) is 10.8 Å². The molecule has 1 N–H and O–H groups in total. The summed E-state index contributed by atoms with van der Waals surface area (Å²) in [6, 6.07) is 8.59. The number of aromatic nitrogens is 2. The van der Waals surface area contributed by atoms with E-state index in [4.69, 9.17) is 9.47 Å². The summed E-state index contributed by atoms with van der Waals surface area (Å²) in [5.74, 6) is -0.0000302. The minimum absolute atomic E-state index is 0.0000302. The van der Waals surface area contributed by atoms with Gasteiger partial charge >= 0.3 is 5.97 Å². The Bertz CT molecular complexity index is 984. The average molecular weight is 437 g/mol. The van der Waals surface area contributed by atoms with Crippen molar-refractivity contribution in [1.82, 2.24) is 9.55 Å². The Hall–Kier alpha value is -2.18. The molecule has 0 radical (unpaired) electrons. The van der Waals surface area contributed by atoms with Crippen LogP contribution in [0.3, 0.4) is 0 Å². The van der Waals surface area contributed by atoms with Gasteiger partial charge in [-0.15, -0.1) is 0 Å². The molecule has 5 aliphatic rings. The number of hydrogen-bond acceptors (Lipinski definition) is 5. The van der Waals surface area contributed by atoms with Crippen molar-refractivity contribution in [1.29, 1.82) is 0 Å². The maximum absolute atomic E-state index is 13.1. The van der Waals surface area contributed by atoms with Gasteiger partial charge in [0.15, 0.2) is 0 Å². The lowest BCUT2D eigenvalue weighted by Gasteiger charge is -2.54. The molecule has 6 nitrogen and oxygen atoms in total. The van der Waals surface area contributed by atoms with Crippen LogP contribution >= 0.6 is 0 Å². The van der Waals surface area contributed by atoms with E-state index in [2.05, 4.69) is 33.8 Å². The summed E-state index contributed by atoms with van der Waals surface area (Å²) < 4.78 is 13.5. The molecule has 6 heteroatoms. The van der Waals surface area contributed by atoms with E-state index in [1.807, 2.05) is 12.5 Å². The monoisotopic (exact) mass is 436 g/mol. The van der Waals surface area contributed by atoms with Gasteiger partial charge in [0.1, 0.15) is 6.10 Å². The first-order chi connectivity index (χ1) is 15.6. The number of esters is 1. The van der Waals surface area contributed by atoms with Crippen LogP contribution in [-0.2, 0) is 14.3 Å². The number of carbonyl (C=O) groups is 1. The molecule has 2 aliphatic heterocycles. The fourth-order valence-corrected chi connectivity index (χ4v) is 6.73. The van der Waals surface area contributed by atoms with Crippen LogP contribution in [0.1, 0.15) is 69.4 Å². The zero-order valence-electron chi connectivity index (χ0n) is 18.5. The molecular formula is C26H32N2O4. The van der Waals surface area contributed by atoms with Crippen molar-refractivity contribution in [3.8, 4) is 11.3 Å². The van der Waals surface area contributed by atoms with Gasteiger partial charge in [-0.3, -0.25) is 4.79 Å². The van der Waals surface area contributed by atoms with Gasteiger partial charge in [-0.1, -0.05) is 24.3 Å². The SMILES string of the molecule is O=C(OC1CCOCC1)C12CCC(C(O)CC3c4ccccc4-c4cncn43)(CC1)CC2. The number of ether oxygens (including phenoxy) is 2. The van der Waals surface area contributed by atoms with Gasteiger partial charge in [-0.05, 0) is 55.9 Å². The number of nitrogens with zero attached hydrogens (tertiary/aromatic N) is 2. The second-order valence-corrected chi connectivity index (χ2v) is 10.4. The van der Waals surface area contributed by atoms with E-state index in [0.29, 0.717) is 19.6 Å². The highest BCUT2D eigenvalue weighted by Crippen LogP contribution is 2.60. The van der Waals surface area contributed by atoms with Crippen molar-refractivity contribution in [2.24, 2.45) is 10.8 Å². The Morgan fingerprint density at radius 3 is 2.62 bits per heavy atom. The number of rotatable bonds is 5. The standard InChI is InChI=1S/C26H32N2O4/c29-23(15-21-19-3-1-2-4-20(19)22-16-27-17-28(21)22)25-7-10-26(11-8-25,12-9-25)24(30)32-18-5-13-31-14-6-18/h1-4,16-18,21,23,29H,5-15H2. The van der Waals surface area contributed by atoms with Crippen LogP contribution in [-0.4, -0.2) is 46.0 Å². The molecule has 3 heterocycles. The Morgan fingerprint density at radius 2 is 1.88 bits per heavy atom. The van der Waals surface area contributed by atoms with Crippen LogP contribution in [0.15, 0.2) is 36.8 Å². The molecule has 0 amide bonds. The van der Waals surface area contributed by atoms with Crippen molar-refractivity contribution in [3.63, 3.8) is 0 Å². The van der Waals surface area contributed by atoms with Crippen LogP contribution in [0.5, 0.6) is 0 Å². The molecule has 2 atom stereocenters. The van der Waals surface area contributed by atoms with E-state index in [1.54, 1.807) is 0 Å². The first-order valence-electron chi connectivity index (χ1n) is 12.2. The highest BCUT2D eigenvalue weighted by atomic mass is 16.6. The molecule has 170 valence electrons. The lowest BCUT2D eigenvalue weighted by Crippen LogP contribution is -2.52. The number of aliphatic hydroxyl groups excluding tert-OH is 1. The molecule has 4 fully saturated rings. The third-order valence-electron chi connectivity index (χ3n) is 8.93. The molecule has 1 aromatic heterocycles. The van der Waals surface area contributed by atoms with Gasteiger partial charge in [0.05, 0.1) is 49.0 Å². The predicted molar refractivity (Wildman–Crippen MR) is 119 cm³/mol. The van der Waals surface area contributed by atoms with E-state index in [9.17, 15) is 9.90 Å². The van der Waals surface area contributed by atoms with Crippen LogP contribution in [0.25, 0.3) is 11.3 Å². The molecule has 3 aliphatic carbocycles. The Labute approximate surface area is 188 Å². The van der Waals surface area contributed by atoms with Crippen LogP contribution in [0.2, 0.25) is 0 Å². The average Bonchev–Trinajstić information content (AvgIpc) is 3.43. The first kappa shape index (κ1) is 20.4. The number of aliphatic hydroxyl groups is 1. The molecule has 1 saturated heterocycles. The predicted octanol–water partition coefficient (Wildman–Crippen LogP) is 4.27. The van der Waals surface area contributed by atoms with E-state index in [-0.39, 0.29) is 28.9 Å². The molecule has 0 spiro atoms. The van der Waals surface area contributed by atoms with Crippen molar-refractivity contribution >= 4 is 5.97 Å². The van der Waals surface area contributed by atoms with Gasteiger partial charge in [-0.2, -0.15) is 0 Å². The van der Waals surface area contributed by atoms with Gasteiger partial charge in [-0.25, -0.2) is 4.98 Å². The number of fused-ring (bicyclic) bond motifs is 6. The smallest absolute Gasteiger partial charge is 0.312 e. The molecule has 7 rings (SSSR count). The zero-order valence-corrected chi connectivity index (χ0v) is 18.5. The van der Waals surface area contributed by atoms with Crippen LogP contribution < -0.4 is 0 Å². The second kappa shape index (κ2) is 7.70. The molecule has 2 aromatic rings. The largest absolute Gasteiger partial charge is 0.462 e. The van der Waals surface area contributed by atoms with E-state index in [1.165, 1.54) is 11.1 Å². The van der Waals surface area contributed by atoms with Crippen molar-refractivity contribution in [2.75, 3.05) is 13.2 Å². The minimum atomic E-state index is -0.390. The number of hydrogen-bond donors (Lipinski definition) is 1. The summed E-state index contributed by atoms with van der Waals surface area (Å²) in [7, 11) is 0. The number of carbonyl (C=O) groups excluding carboxylic acids is 1. The quantitative estimate of drug-likeness (QED) is 0.709.